The van der Waals surface area contributed by atoms with E-state index in [1.807, 2.05) is 4.90 Å². The van der Waals surface area contributed by atoms with Gasteiger partial charge in [0.25, 0.3) is 0 Å². The summed E-state index contributed by atoms with van der Waals surface area (Å²) in [5.41, 5.74) is 0. The molecule has 1 N–H and O–H groups in total. The van der Waals surface area contributed by atoms with Crippen molar-refractivity contribution in [2.24, 2.45) is 5.92 Å². The SMILES string of the molecule is ClC1CCCC(C[NH+]2CCCCC2)C1. The Morgan fingerprint density at radius 2 is 1.79 bits per heavy atom. The molecule has 1 saturated carbocycles. The van der Waals surface area contributed by atoms with E-state index in [9.17, 15) is 0 Å². The van der Waals surface area contributed by atoms with Crippen LogP contribution in [0.1, 0.15) is 44.9 Å². The zero-order valence-electron chi connectivity index (χ0n) is 9.10. The number of hydrogen-bond donors (Lipinski definition) is 1. The zero-order valence-corrected chi connectivity index (χ0v) is 9.86. The normalized spacial score (nSPS) is 35.8. The lowest BCUT2D eigenvalue weighted by molar-refractivity contribution is -0.908. The molecular weight excluding hydrogens is 194 g/mol. The van der Waals surface area contributed by atoms with Crippen molar-refractivity contribution in [3.8, 4) is 0 Å². The van der Waals surface area contributed by atoms with Gasteiger partial charge in [-0.3, -0.25) is 0 Å². The molecule has 0 aromatic rings. The van der Waals surface area contributed by atoms with E-state index in [2.05, 4.69) is 0 Å². The first-order valence-electron chi connectivity index (χ1n) is 6.32. The fourth-order valence-electron chi connectivity index (χ4n) is 3.07. The van der Waals surface area contributed by atoms with E-state index in [1.165, 1.54) is 64.6 Å². The van der Waals surface area contributed by atoms with Crippen LogP contribution >= 0.6 is 11.6 Å². The van der Waals surface area contributed by atoms with E-state index < -0.39 is 0 Å². The topological polar surface area (TPSA) is 4.44 Å². The van der Waals surface area contributed by atoms with Crippen LogP contribution in [-0.4, -0.2) is 25.0 Å². The number of rotatable bonds is 2. The molecule has 0 bridgehead atoms. The van der Waals surface area contributed by atoms with Gasteiger partial charge in [-0.15, -0.1) is 11.6 Å². The van der Waals surface area contributed by atoms with Gasteiger partial charge in [0.05, 0.1) is 19.6 Å². The van der Waals surface area contributed by atoms with Gasteiger partial charge in [-0.2, -0.15) is 0 Å². The first-order chi connectivity index (χ1) is 6.84. The van der Waals surface area contributed by atoms with Crippen LogP contribution in [0, 0.1) is 5.92 Å². The van der Waals surface area contributed by atoms with E-state index in [4.69, 9.17) is 11.6 Å². The Balaban J connectivity index is 1.72. The van der Waals surface area contributed by atoms with Gasteiger partial charge in [0, 0.05) is 11.3 Å². The molecule has 1 saturated heterocycles. The van der Waals surface area contributed by atoms with E-state index in [1.54, 1.807) is 0 Å². The fourth-order valence-corrected chi connectivity index (χ4v) is 3.48. The molecular formula is C12H23ClN+. The molecule has 1 nitrogen and oxygen atoms in total. The molecule has 0 spiro atoms. The van der Waals surface area contributed by atoms with Crippen LogP contribution in [-0.2, 0) is 0 Å². The molecule has 0 radical (unpaired) electrons. The van der Waals surface area contributed by atoms with Gasteiger partial charge in [-0.1, -0.05) is 6.42 Å². The molecule has 0 aromatic heterocycles. The lowest BCUT2D eigenvalue weighted by atomic mass is 9.88. The van der Waals surface area contributed by atoms with Gasteiger partial charge >= 0.3 is 0 Å². The third-order valence-electron chi connectivity index (χ3n) is 3.86. The Morgan fingerprint density at radius 3 is 2.50 bits per heavy atom. The molecule has 1 aliphatic heterocycles. The minimum absolute atomic E-state index is 0.484. The molecule has 2 aliphatic rings. The van der Waals surface area contributed by atoms with Crippen molar-refractivity contribution >= 4 is 11.6 Å². The Kier molecular flexibility index (Phi) is 4.12. The van der Waals surface area contributed by atoms with E-state index in [0.29, 0.717) is 5.38 Å². The van der Waals surface area contributed by atoms with Crippen LogP contribution in [0.25, 0.3) is 0 Å². The summed E-state index contributed by atoms with van der Waals surface area (Å²) in [6.45, 7) is 4.25. The second-order valence-corrected chi connectivity index (χ2v) is 5.76. The maximum Gasteiger partial charge on any atom is 0.0800 e. The van der Waals surface area contributed by atoms with Crippen LogP contribution in [0.5, 0.6) is 0 Å². The number of alkyl halides is 1. The molecule has 2 heteroatoms. The summed E-state index contributed by atoms with van der Waals surface area (Å²) in [6.07, 6.45) is 9.71. The van der Waals surface area contributed by atoms with Crippen LogP contribution in [0.2, 0.25) is 0 Å². The molecule has 1 heterocycles. The highest BCUT2D eigenvalue weighted by atomic mass is 35.5. The second kappa shape index (κ2) is 5.37. The monoisotopic (exact) mass is 216 g/mol. The van der Waals surface area contributed by atoms with Crippen LogP contribution < -0.4 is 4.90 Å². The quantitative estimate of drug-likeness (QED) is 0.673. The molecule has 2 fully saturated rings. The Morgan fingerprint density at radius 1 is 1.00 bits per heavy atom. The standard InChI is InChI=1S/C12H22ClN/c13-12-6-4-5-11(9-12)10-14-7-2-1-3-8-14/h11-12H,1-10H2/p+1. The molecule has 1 aliphatic carbocycles. The maximum atomic E-state index is 6.22. The van der Waals surface area contributed by atoms with Gasteiger partial charge in [0.15, 0.2) is 0 Å². The van der Waals surface area contributed by atoms with E-state index >= 15 is 0 Å². The number of likely N-dealkylation sites (tertiary alicyclic amines) is 1. The minimum Gasteiger partial charge on any atom is -0.335 e. The predicted molar refractivity (Wildman–Crippen MR) is 61.0 cm³/mol. The van der Waals surface area contributed by atoms with Gasteiger partial charge in [-0.05, 0) is 38.5 Å². The summed E-state index contributed by atoms with van der Waals surface area (Å²) >= 11 is 6.22. The van der Waals surface area contributed by atoms with Crippen molar-refractivity contribution < 1.29 is 4.90 Å². The molecule has 82 valence electrons. The number of quaternary nitrogens is 1. The maximum absolute atomic E-state index is 6.22. The minimum atomic E-state index is 0.484. The van der Waals surface area contributed by atoms with Crippen LogP contribution in [0.15, 0.2) is 0 Å². The molecule has 0 amide bonds. The summed E-state index contributed by atoms with van der Waals surface area (Å²) in [5.74, 6) is 0.930. The fraction of sp³-hybridized carbons (Fsp3) is 1.00. The number of piperidine rings is 1. The summed E-state index contributed by atoms with van der Waals surface area (Å²) in [6, 6.07) is 0. The number of halogens is 1. The molecule has 14 heavy (non-hydrogen) atoms. The van der Waals surface area contributed by atoms with Gasteiger partial charge in [-0.25, -0.2) is 0 Å². The highest BCUT2D eigenvalue weighted by Gasteiger charge is 2.25. The van der Waals surface area contributed by atoms with Crippen molar-refractivity contribution in [3.63, 3.8) is 0 Å². The van der Waals surface area contributed by atoms with Crippen molar-refractivity contribution in [2.75, 3.05) is 19.6 Å². The highest BCUT2D eigenvalue weighted by molar-refractivity contribution is 6.20. The third-order valence-corrected chi connectivity index (χ3v) is 4.25. The lowest BCUT2D eigenvalue weighted by Gasteiger charge is -2.31. The number of nitrogens with one attached hydrogen (secondary N) is 1. The van der Waals surface area contributed by atoms with Gasteiger partial charge < -0.3 is 4.90 Å². The first-order valence-corrected chi connectivity index (χ1v) is 6.76. The second-order valence-electron chi connectivity index (χ2n) is 5.14. The zero-order chi connectivity index (χ0) is 9.80. The lowest BCUT2D eigenvalue weighted by Crippen LogP contribution is -3.13. The average molecular weight is 217 g/mol. The molecule has 2 rings (SSSR count). The predicted octanol–water partition coefficient (Wildman–Crippen LogP) is 1.85. The smallest absolute Gasteiger partial charge is 0.0800 e. The highest BCUT2D eigenvalue weighted by Crippen LogP contribution is 2.26. The largest absolute Gasteiger partial charge is 0.335 e. The third kappa shape index (κ3) is 3.13. The van der Waals surface area contributed by atoms with Crippen molar-refractivity contribution in [1.82, 2.24) is 0 Å². The summed E-state index contributed by atoms with van der Waals surface area (Å²) in [5, 5.41) is 0.484. The van der Waals surface area contributed by atoms with Crippen molar-refractivity contribution in [3.05, 3.63) is 0 Å². The number of hydrogen-bond acceptors (Lipinski definition) is 0. The Hall–Kier alpha value is 0.250. The van der Waals surface area contributed by atoms with Crippen molar-refractivity contribution in [1.29, 1.82) is 0 Å². The molecule has 2 unspecified atom stereocenters. The molecule has 2 atom stereocenters. The van der Waals surface area contributed by atoms with Crippen LogP contribution in [0.4, 0.5) is 0 Å². The van der Waals surface area contributed by atoms with Crippen molar-refractivity contribution in [2.45, 2.75) is 50.3 Å². The summed E-state index contributed by atoms with van der Waals surface area (Å²) < 4.78 is 0. The van der Waals surface area contributed by atoms with Gasteiger partial charge in [0.1, 0.15) is 0 Å². The first kappa shape index (κ1) is 10.8. The van der Waals surface area contributed by atoms with E-state index in [0.717, 1.165) is 5.92 Å². The summed E-state index contributed by atoms with van der Waals surface area (Å²) in [7, 11) is 0. The van der Waals surface area contributed by atoms with E-state index in [-0.39, 0.29) is 0 Å². The Labute approximate surface area is 92.8 Å². The van der Waals surface area contributed by atoms with Crippen LogP contribution in [0.3, 0.4) is 0 Å². The van der Waals surface area contributed by atoms with Gasteiger partial charge in [0.2, 0.25) is 0 Å². The summed E-state index contributed by atoms with van der Waals surface area (Å²) in [4.78, 5) is 1.85. The molecule has 0 aromatic carbocycles. The average Bonchev–Trinajstić information content (AvgIpc) is 2.19. The Bertz CT molecular complexity index is 166.